The van der Waals surface area contributed by atoms with E-state index in [1.54, 1.807) is 23.1 Å². The third-order valence-corrected chi connectivity index (χ3v) is 6.76. The molecule has 1 amide bonds. The van der Waals surface area contributed by atoms with E-state index in [9.17, 15) is 13.2 Å². The van der Waals surface area contributed by atoms with Gasteiger partial charge in [0.05, 0.1) is 21.6 Å². The largest absolute Gasteiger partial charge is 0.333 e. The molecule has 2 atom stereocenters. The number of halogens is 2. The first-order chi connectivity index (χ1) is 8.88. The summed E-state index contributed by atoms with van der Waals surface area (Å²) in [5.41, 5.74) is 0.418. The highest BCUT2D eigenvalue weighted by Gasteiger charge is 2.50. The number of rotatable bonds is 1. The summed E-state index contributed by atoms with van der Waals surface area (Å²) in [4.78, 5) is 14.1. The zero-order chi connectivity index (χ0) is 13.8. The molecule has 2 fully saturated rings. The maximum atomic E-state index is 12.4. The zero-order valence-corrected chi connectivity index (χ0v) is 13.0. The minimum Gasteiger partial charge on any atom is -0.333 e. The van der Waals surface area contributed by atoms with Crippen molar-refractivity contribution in [3.8, 4) is 0 Å². The number of carbonyl (C=O) groups excluding carboxylic acids is 1. The van der Waals surface area contributed by atoms with Crippen molar-refractivity contribution in [1.82, 2.24) is 4.90 Å². The van der Waals surface area contributed by atoms with Gasteiger partial charge in [0.2, 0.25) is 0 Å². The topological polar surface area (TPSA) is 54.5 Å². The molecule has 2 aliphatic heterocycles. The van der Waals surface area contributed by atoms with Crippen molar-refractivity contribution in [2.24, 2.45) is 0 Å². The second kappa shape index (κ2) is 4.46. The third-order valence-electron chi connectivity index (χ3n) is 3.73. The average Bonchev–Trinajstić information content (AvgIpc) is 2.86. The van der Waals surface area contributed by atoms with Crippen molar-refractivity contribution in [3.63, 3.8) is 0 Å². The van der Waals surface area contributed by atoms with Gasteiger partial charge in [0.25, 0.3) is 5.91 Å². The van der Waals surface area contributed by atoms with E-state index in [2.05, 4.69) is 15.9 Å². The van der Waals surface area contributed by atoms with Crippen molar-refractivity contribution in [2.75, 3.05) is 12.3 Å². The Kier molecular flexibility index (Phi) is 3.15. The van der Waals surface area contributed by atoms with Crippen molar-refractivity contribution >= 4 is 43.3 Å². The Hall–Kier alpha value is -0.590. The predicted octanol–water partition coefficient (Wildman–Crippen LogP) is 2.11. The molecule has 0 N–H and O–H groups in total. The van der Waals surface area contributed by atoms with E-state index >= 15 is 0 Å². The zero-order valence-electron chi connectivity index (χ0n) is 9.84. The smallest absolute Gasteiger partial charge is 0.255 e. The molecule has 2 aliphatic rings. The Morgan fingerprint density at radius 1 is 1.42 bits per heavy atom. The molecule has 0 spiro atoms. The first-order valence-corrected chi connectivity index (χ1v) is 8.75. The van der Waals surface area contributed by atoms with Gasteiger partial charge >= 0.3 is 0 Å². The van der Waals surface area contributed by atoms with Crippen molar-refractivity contribution < 1.29 is 13.2 Å². The molecule has 2 heterocycles. The Morgan fingerprint density at radius 3 is 2.74 bits per heavy atom. The van der Waals surface area contributed by atoms with Gasteiger partial charge < -0.3 is 4.90 Å². The van der Waals surface area contributed by atoms with Gasteiger partial charge in [-0.25, -0.2) is 8.42 Å². The van der Waals surface area contributed by atoms with Crippen LogP contribution in [0.5, 0.6) is 0 Å². The number of amides is 1. The summed E-state index contributed by atoms with van der Waals surface area (Å²) < 4.78 is 24.1. The van der Waals surface area contributed by atoms with Gasteiger partial charge in [-0.15, -0.1) is 0 Å². The normalized spacial score (nSPS) is 27.8. The molecule has 0 aliphatic carbocycles. The fraction of sp³-hybridized carbons (Fsp3) is 0.417. The monoisotopic (exact) mass is 363 g/mol. The van der Waals surface area contributed by atoms with Crippen LogP contribution in [0.2, 0.25) is 5.02 Å². The van der Waals surface area contributed by atoms with Gasteiger partial charge in [-0.05, 0) is 24.6 Å². The highest BCUT2D eigenvalue weighted by molar-refractivity contribution is 9.10. The SMILES string of the molecule is O=C(c1cc(Br)ccc1Cl)N1CC2CC1CS2(=O)=O. The van der Waals surface area contributed by atoms with Gasteiger partial charge in [0.1, 0.15) is 0 Å². The highest BCUT2D eigenvalue weighted by atomic mass is 79.9. The molecule has 19 heavy (non-hydrogen) atoms. The maximum absolute atomic E-state index is 12.4. The van der Waals surface area contributed by atoms with E-state index in [1.807, 2.05) is 0 Å². The number of hydrogen-bond acceptors (Lipinski definition) is 3. The second-order valence-electron chi connectivity index (χ2n) is 4.92. The lowest BCUT2D eigenvalue weighted by Crippen LogP contribution is -2.44. The number of hydrogen-bond donors (Lipinski definition) is 0. The summed E-state index contributed by atoms with van der Waals surface area (Å²) in [5.74, 6) is -0.108. The number of carbonyl (C=O) groups is 1. The molecule has 2 bridgehead atoms. The minimum atomic E-state index is -2.99. The molecular weight excluding hydrogens is 354 g/mol. The van der Waals surface area contributed by atoms with E-state index in [-0.39, 0.29) is 24.2 Å². The van der Waals surface area contributed by atoms with E-state index in [0.717, 1.165) is 4.47 Å². The van der Waals surface area contributed by atoms with Gasteiger partial charge in [0, 0.05) is 17.1 Å². The van der Waals surface area contributed by atoms with Crippen LogP contribution in [0, 0.1) is 0 Å². The van der Waals surface area contributed by atoms with E-state index in [4.69, 9.17) is 11.6 Å². The molecule has 1 aromatic rings. The van der Waals surface area contributed by atoms with Crippen LogP contribution >= 0.6 is 27.5 Å². The molecule has 0 aromatic heterocycles. The van der Waals surface area contributed by atoms with Gasteiger partial charge in [-0.2, -0.15) is 0 Å². The molecule has 4 nitrogen and oxygen atoms in total. The lowest BCUT2D eigenvalue weighted by atomic mass is 10.2. The van der Waals surface area contributed by atoms with Crippen molar-refractivity contribution in [1.29, 1.82) is 0 Å². The first kappa shape index (κ1) is 13.4. The number of benzene rings is 1. The molecule has 3 rings (SSSR count). The molecule has 7 heteroatoms. The number of likely N-dealkylation sites (tertiary alicyclic amines) is 1. The fourth-order valence-corrected chi connectivity index (χ4v) is 5.35. The Labute approximate surface area is 124 Å². The van der Waals surface area contributed by atoms with Crippen molar-refractivity contribution in [2.45, 2.75) is 17.7 Å². The van der Waals surface area contributed by atoms with Crippen LogP contribution in [0.4, 0.5) is 0 Å². The Bertz CT molecular complexity index is 661. The molecule has 2 unspecified atom stereocenters. The maximum Gasteiger partial charge on any atom is 0.255 e. The Morgan fingerprint density at radius 2 is 2.16 bits per heavy atom. The first-order valence-electron chi connectivity index (χ1n) is 5.86. The summed E-state index contributed by atoms with van der Waals surface area (Å²) in [6.07, 6.45) is 0.555. The fourth-order valence-electron chi connectivity index (χ4n) is 2.76. The standard InChI is InChI=1S/C12H11BrClNO3S/c13-7-1-2-11(14)10(3-7)12(16)15-5-9-4-8(15)6-19(9,17)18/h1-3,8-9H,4-6H2. The quantitative estimate of drug-likeness (QED) is 0.767. The third kappa shape index (κ3) is 2.19. The van der Waals surface area contributed by atoms with Crippen LogP contribution < -0.4 is 0 Å². The van der Waals surface area contributed by atoms with Crippen LogP contribution in [0.25, 0.3) is 0 Å². The van der Waals surface area contributed by atoms with Crippen LogP contribution in [0.1, 0.15) is 16.8 Å². The van der Waals surface area contributed by atoms with Crippen LogP contribution in [-0.4, -0.2) is 42.8 Å². The lowest BCUT2D eigenvalue weighted by Gasteiger charge is -2.27. The number of nitrogens with zero attached hydrogens (tertiary/aromatic N) is 1. The summed E-state index contributed by atoms with van der Waals surface area (Å²) in [5, 5.41) is -0.00814. The van der Waals surface area contributed by atoms with Gasteiger partial charge in [0.15, 0.2) is 9.84 Å². The second-order valence-corrected chi connectivity index (χ2v) is 8.57. The number of sulfone groups is 1. The van der Waals surface area contributed by atoms with E-state index in [1.165, 1.54) is 0 Å². The molecule has 102 valence electrons. The van der Waals surface area contributed by atoms with Gasteiger partial charge in [-0.1, -0.05) is 27.5 Å². The summed E-state index contributed by atoms with van der Waals surface area (Å²) in [6.45, 7) is 0.286. The minimum absolute atomic E-state index is 0.0784. The molecule has 2 saturated heterocycles. The summed E-state index contributed by atoms with van der Waals surface area (Å²) >= 11 is 9.35. The van der Waals surface area contributed by atoms with Crippen LogP contribution in [-0.2, 0) is 9.84 Å². The van der Waals surface area contributed by atoms with E-state index < -0.39 is 15.1 Å². The molecular formula is C12H11BrClNO3S. The van der Waals surface area contributed by atoms with E-state index in [0.29, 0.717) is 17.0 Å². The Balaban J connectivity index is 1.89. The molecule has 0 saturated carbocycles. The summed E-state index contributed by atoms with van der Waals surface area (Å²) in [7, 11) is -2.99. The lowest BCUT2D eigenvalue weighted by molar-refractivity contribution is 0.0746. The summed E-state index contributed by atoms with van der Waals surface area (Å²) in [6, 6.07) is 4.90. The van der Waals surface area contributed by atoms with Gasteiger partial charge in [-0.3, -0.25) is 4.79 Å². The number of fused-ring (bicyclic) bond motifs is 2. The highest BCUT2D eigenvalue weighted by Crippen LogP contribution is 2.35. The predicted molar refractivity (Wildman–Crippen MR) is 76.2 cm³/mol. The average molecular weight is 365 g/mol. The van der Waals surface area contributed by atoms with Crippen LogP contribution in [0.3, 0.4) is 0 Å². The van der Waals surface area contributed by atoms with Crippen molar-refractivity contribution in [3.05, 3.63) is 33.3 Å². The molecule has 1 aromatic carbocycles. The molecule has 0 radical (unpaired) electrons. The van der Waals surface area contributed by atoms with Crippen LogP contribution in [0.15, 0.2) is 22.7 Å².